The van der Waals surface area contributed by atoms with Crippen molar-refractivity contribution in [2.45, 2.75) is 32.4 Å². The molecule has 6 nitrogen and oxygen atoms in total. The molecule has 1 amide bonds. The van der Waals surface area contributed by atoms with Crippen molar-refractivity contribution in [3.63, 3.8) is 0 Å². The van der Waals surface area contributed by atoms with Crippen molar-refractivity contribution in [1.82, 2.24) is 15.2 Å². The number of carbonyl (C=O) groups is 1. The summed E-state index contributed by atoms with van der Waals surface area (Å²) in [4.78, 5) is 21.7. The summed E-state index contributed by atoms with van der Waals surface area (Å²) in [6, 6.07) is 4.00. The van der Waals surface area contributed by atoms with Crippen LogP contribution in [0.3, 0.4) is 0 Å². The Balaban J connectivity index is 1.62. The van der Waals surface area contributed by atoms with Crippen LogP contribution in [0.4, 0.5) is 5.82 Å². The maximum Gasteiger partial charge on any atom is 0.225 e. The zero-order chi connectivity index (χ0) is 16.9. The summed E-state index contributed by atoms with van der Waals surface area (Å²) in [5, 5.41) is 3.09. The Kier molecular flexibility index (Phi) is 5.68. The SMILES string of the molecule is C[C@@H]1OCCC[C@@H]1C(=O)NCc1cccnc1N1CCN(C)CC1. The monoisotopic (exact) mass is 332 g/mol. The Hall–Kier alpha value is -1.66. The lowest BCUT2D eigenvalue weighted by atomic mass is 9.94. The maximum atomic E-state index is 12.5. The van der Waals surface area contributed by atoms with Crippen LogP contribution in [0.15, 0.2) is 18.3 Å². The van der Waals surface area contributed by atoms with Gasteiger partial charge in [0.2, 0.25) is 5.91 Å². The Morgan fingerprint density at radius 2 is 2.17 bits per heavy atom. The molecule has 24 heavy (non-hydrogen) atoms. The lowest BCUT2D eigenvalue weighted by Gasteiger charge is -2.34. The van der Waals surface area contributed by atoms with Crippen molar-refractivity contribution >= 4 is 11.7 Å². The smallest absolute Gasteiger partial charge is 0.225 e. The van der Waals surface area contributed by atoms with Gasteiger partial charge >= 0.3 is 0 Å². The van der Waals surface area contributed by atoms with Crippen LogP contribution in [0.1, 0.15) is 25.3 Å². The van der Waals surface area contributed by atoms with Gasteiger partial charge in [-0.2, -0.15) is 0 Å². The number of piperazine rings is 1. The van der Waals surface area contributed by atoms with Crippen LogP contribution in [0.5, 0.6) is 0 Å². The van der Waals surface area contributed by atoms with Crippen LogP contribution in [0.25, 0.3) is 0 Å². The number of carbonyl (C=O) groups excluding carboxylic acids is 1. The number of ether oxygens (including phenoxy) is 1. The first kappa shape index (κ1) is 17.2. The largest absolute Gasteiger partial charge is 0.378 e. The number of nitrogens with zero attached hydrogens (tertiary/aromatic N) is 3. The number of anilines is 1. The van der Waals surface area contributed by atoms with Gasteiger partial charge in [0, 0.05) is 51.1 Å². The summed E-state index contributed by atoms with van der Waals surface area (Å²) in [6.45, 7) is 7.31. The molecule has 0 bridgehead atoms. The van der Waals surface area contributed by atoms with E-state index in [1.54, 1.807) is 0 Å². The van der Waals surface area contributed by atoms with Gasteiger partial charge in [0.25, 0.3) is 0 Å². The number of likely N-dealkylation sites (N-methyl/N-ethyl adjacent to an activating group) is 1. The molecule has 6 heteroatoms. The topological polar surface area (TPSA) is 57.7 Å². The van der Waals surface area contributed by atoms with E-state index in [4.69, 9.17) is 4.74 Å². The van der Waals surface area contributed by atoms with Crippen molar-refractivity contribution in [2.24, 2.45) is 5.92 Å². The van der Waals surface area contributed by atoms with Crippen LogP contribution in [-0.4, -0.2) is 61.7 Å². The van der Waals surface area contributed by atoms with Gasteiger partial charge in [0.15, 0.2) is 0 Å². The average Bonchev–Trinajstić information content (AvgIpc) is 2.61. The van der Waals surface area contributed by atoms with E-state index < -0.39 is 0 Å². The van der Waals surface area contributed by atoms with Crippen LogP contribution >= 0.6 is 0 Å². The predicted octanol–water partition coefficient (Wildman–Crippen LogP) is 1.26. The third-order valence-corrected chi connectivity index (χ3v) is 5.07. The van der Waals surface area contributed by atoms with Crippen molar-refractivity contribution < 1.29 is 9.53 Å². The van der Waals surface area contributed by atoms with Gasteiger partial charge in [-0.05, 0) is 32.9 Å². The molecule has 1 N–H and O–H groups in total. The zero-order valence-corrected chi connectivity index (χ0v) is 14.7. The van der Waals surface area contributed by atoms with E-state index in [0.29, 0.717) is 6.54 Å². The van der Waals surface area contributed by atoms with Gasteiger partial charge in [0.05, 0.1) is 12.0 Å². The van der Waals surface area contributed by atoms with E-state index in [-0.39, 0.29) is 17.9 Å². The first-order valence-corrected chi connectivity index (χ1v) is 8.92. The number of rotatable bonds is 4. The van der Waals surface area contributed by atoms with Gasteiger partial charge in [0.1, 0.15) is 5.82 Å². The highest BCUT2D eigenvalue weighted by Crippen LogP contribution is 2.22. The van der Waals surface area contributed by atoms with Crippen molar-refractivity contribution in [2.75, 3.05) is 44.7 Å². The second kappa shape index (κ2) is 7.94. The number of hydrogen-bond acceptors (Lipinski definition) is 5. The molecule has 2 atom stereocenters. The molecule has 2 aliphatic rings. The molecule has 1 aromatic heterocycles. The first-order valence-electron chi connectivity index (χ1n) is 8.92. The molecule has 2 fully saturated rings. The maximum absolute atomic E-state index is 12.5. The minimum absolute atomic E-state index is 0.00440. The van der Waals surface area contributed by atoms with Gasteiger partial charge < -0.3 is 19.9 Å². The van der Waals surface area contributed by atoms with E-state index in [1.807, 2.05) is 19.2 Å². The molecular formula is C18H28N4O2. The molecule has 0 saturated carbocycles. The molecule has 0 aromatic carbocycles. The van der Waals surface area contributed by atoms with Gasteiger partial charge in [-0.3, -0.25) is 4.79 Å². The summed E-state index contributed by atoms with van der Waals surface area (Å²) >= 11 is 0. The van der Waals surface area contributed by atoms with E-state index in [2.05, 4.69) is 33.2 Å². The van der Waals surface area contributed by atoms with Crippen LogP contribution in [0, 0.1) is 5.92 Å². The summed E-state index contributed by atoms with van der Waals surface area (Å²) in [5.41, 5.74) is 1.08. The zero-order valence-electron chi connectivity index (χ0n) is 14.7. The normalized spacial score (nSPS) is 25.5. The fourth-order valence-corrected chi connectivity index (χ4v) is 3.45. The fraction of sp³-hybridized carbons (Fsp3) is 0.667. The Morgan fingerprint density at radius 1 is 1.38 bits per heavy atom. The molecule has 0 aliphatic carbocycles. The third-order valence-electron chi connectivity index (χ3n) is 5.07. The molecule has 132 valence electrons. The van der Waals surface area contributed by atoms with E-state index >= 15 is 0 Å². The van der Waals surface area contributed by atoms with Crippen molar-refractivity contribution in [1.29, 1.82) is 0 Å². The molecule has 0 unspecified atom stereocenters. The predicted molar refractivity (Wildman–Crippen MR) is 93.9 cm³/mol. The Bertz CT molecular complexity index is 558. The minimum atomic E-state index is -0.0393. The first-order chi connectivity index (χ1) is 11.6. The summed E-state index contributed by atoms with van der Waals surface area (Å²) in [7, 11) is 2.14. The highest BCUT2D eigenvalue weighted by atomic mass is 16.5. The average molecular weight is 332 g/mol. The molecular weight excluding hydrogens is 304 g/mol. The van der Waals surface area contributed by atoms with Crippen molar-refractivity contribution in [3.05, 3.63) is 23.9 Å². The van der Waals surface area contributed by atoms with Crippen LogP contribution in [-0.2, 0) is 16.1 Å². The highest BCUT2D eigenvalue weighted by molar-refractivity contribution is 5.79. The Labute approximate surface area is 144 Å². The second-order valence-electron chi connectivity index (χ2n) is 6.82. The van der Waals surface area contributed by atoms with E-state index in [0.717, 1.165) is 57.0 Å². The number of aromatic nitrogens is 1. The van der Waals surface area contributed by atoms with E-state index in [9.17, 15) is 4.79 Å². The highest BCUT2D eigenvalue weighted by Gasteiger charge is 2.28. The van der Waals surface area contributed by atoms with E-state index in [1.165, 1.54) is 0 Å². The summed E-state index contributed by atoms with van der Waals surface area (Å²) < 4.78 is 5.61. The molecule has 1 aromatic rings. The Morgan fingerprint density at radius 3 is 2.92 bits per heavy atom. The summed E-state index contributed by atoms with van der Waals surface area (Å²) in [5.74, 6) is 1.05. The molecule has 3 rings (SSSR count). The molecule has 3 heterocycles. The molecule has 2 saturated heterocycles. The summed E-state index contributed by atoms with van der Waals surface area (Å²) in [6.07, 6.45) is 3.70. The lowest BCUT2D eigenvalue weighted by molar-refractivity contribution is -0.133. The van der Waals surface area contributed by atoms with Gasteiger partial charge in [-0.1, -0.05) is 6.07 Å². The van der Waals surface area contributed by atoms with Crippen LogP contribution in [0.2, 0.25) is 0 Å². The third kappa shape index (κ3) is 4.05. The quantitative estimate of drug-likeness (QED) is 0.900. The molecule has 0 spiro atoms. The number of pyridine rings is 1. The van der Waals surface area contributed by atoms with Gasteiger partial charge in [-0.25, -0.2) is 4.98 Å². The number of nitrogens with one attached hydrogen (secondary N) is 1. The number of hydrogen-bond donors (Lipinski definition) is 1. The van der Waals surface area contributed by atoms with Crippen LogP contribution < -0.4 is 10.2 Å². The molecule has 0 radical (unpaired) electrons. The lowest BCUT2D eigenvalue weighted by Crippen LogP contribution is -2.45. The minimum Gasteiger partial charge on any atom is -0.378 e. The molecule has 2 aliphatic heterocycles. The standard InChI is InChI=1S/C18H28N4O2/c1-14-16(6-4-12-24-14)18(23)20-13-15-5-3-7-19-17(15)22-10-8-21(2)9-11-22/h3,5,7,14,16H,4,6,8-13H2,1-2H3,(H,20,23)/t14-,16-/m0/s1. The van der Waals surface area contributed by atoms with Gasteiger partial charge in [-0.15, -0.1) is 0 Å². The van der Waals surface area contributed by atoms with Crippen molar-refractivity contribution in [3.8, 4) is 0 Å². The fourth-order valence-electron chi connectivity index (χ4n) is 3.45. The number of amides is 1. The second-order valence-corrected chi connectivity index (χ2v) is 6.82.